The van der Waals surface area contributed by atoms with Crippen molar-refractivity contribution in [2.75, 3.05) is 34.0 Å². The second kappa shape index (κ2) is 10.1. The van der Waals surface area contributed by atoms with Gasteiger partial charge in [-0.05, 0) is 68.1 Å². The maximum atomic E-state index is 12.7. The zero-order valence-corrected chi connectivity index (χ0v) is 19.1. The average molecular weight is 428 g/mol. The molecule has 3 rings (SSSR count). The topological polar surface area (TPSA) is 57.2 Å². The summed E-state index contributed by atoms with van der Waals surface area (Å²) in [5, 5.41) is 0. The Kier molecular flexibility index (Phi) is 7.44. The lowest BCUT2D eigenvalue weighted by Gasteiger charge is -2.37. The number of amides is 1. The Hall–Kier alpha value is -2.73. The molecule has 0 aromatic heterocycles. The van der Waals surface area contributed by atoms with Gasteiger partial charge < -0.3 is 18.9 Å². The molecule has 168 valence electrons. The highest BCUT2D eigenvalue weighted by Crippen LogP contribution is 2.33. The smallest absolute Gasteiger partial charge is 0.410 e. The molecule has 0 N–H and O–H groups in total. The Morgan fingerprint density at radius 3 is 2.61 bits per heavy atom. The molecule has 31 heavy (non-hydrogen) atoms. The van der Waals surface area contributed by atoms with Crippen LogP contribution in [0.1, 0.15) is 43.5 Å². The first-order chi connectivity index (χ1) is 14.8. The summed E-state index contributed by atoms with van der Waals surface area (Å²) in [4.78, 5) is 14.5. The number of benzene rings is 2. The molecule has 0 fully saturated rings. The van der Waals surface area contributed by atoms with Gasteiger partial charge in [0.2, 0.25) is 0 Å². The maximum absolute atomic E-state index is 12.7. The third-order valence-corrected chi connectivity index (χ3v) is 5.22. The number of hydrogen-bond donors (Lipinski definition) is 0. The van der Waals surface area contributed by atoms with Crippen LogP contribution in [-0.4, -0.2) is 50.6 Å². The monoisotopic (exact) mass is 427 g/mol. The fraction of sp³-hybridized carbons (Fsp3) is 0.480. The van der Waals surface area contributed by atoms with Gasteiger partial charge in [0.05, 0.1) is 26.4 Å². The van der Waals surface area contributed by atoms with E-state index in [9.17, 15) is 4.79 Å². The molecular formula is C25H33NO5. The number of methoxy groups -OCH3 is 2. The summed E-state index contributed by atoms with van der Waals surface area (Å²) in [7, 11) is 3.32. The second-order valence-corrected chi connectivity index (χ2v) is 8.71. The molecule has 1 heterocycles. The summed E-state index contributed by atoms with van der Waals surface area (Å²) >= 11 is 0. The van der Waals surface area contributed by atoms with Crippen LogP contribution < -0.4 is 9.47 Å². The molecule has 6 heteroatoms. The first-order valence-corrected chi connectivity index (χ1v) is 10.7. The van der Waals surface area contributed by atoms with Gasteiger partial charge in [-0.3, -0.25) is 4.90 Å². The number of carbonyl (C=O) groups excluding carboxylic acids is 1. The third kappa shape index (κ3) is 6.14. The van der Waals surface area contributed by atoms with E-state index < -0.39 is 5.60 Å². The van der Waals surface area contributed by atoms with Gasteiger partial charge in [-0.1, -0.05) is 18.2 Å². The number of rotatable bonds is 7. The molecule has 6 nitrogen and oxygen atoms in total. The van der Waals surface area contributed by atoms with Gasteiger partial charge in [-0.25, -0.2) is 4.79 Å². The van der Waals surface area contributed by atoms with E-state index in [1.54, 1.807) is 19.1 Å². The molecule has 0 saturated heterocycles. The van der Waals surface area contributed by atoms with Crippen molar-refractivity contribution in [3.05, 3.63) is 59.2 Å². The predicted octanol–water partition coefficient (Wildman–Crippen LogP) is 4.80. The van der Waals surface area contributed by atoms with E-state index in [1.807, 2.05) is 51.1 Å². The minimum atomic E-state index is -0.532. The van der Waals surface area contributed by atoms with Crippen LogP contribution in [0.2, 0.25) is 0 Å². The van der Waals surface area contributed by atoms with Gasteiger partial charge in [0.1, 0.15) is 17.1 Å². The fourth-order valence-electron chi connectivity index (χ4n) is 3.77. The van der Waals surface area contributed by atoms with Crippen LogP contribution in [0.25, 0.3) is 0 Å². The molecule has 2 aromatic rings. The van der Waals surface area contributed by atoms with Crippen molar-refractivity contribution in [1.82, 2.24) is 4.90 Å². The Balaban J connectivity index is 1.67. The van der Waals surface area contributed by atoms with E-state index in [2.05, 4.69) is 12.1 Å². The molecule has 2 aromatic carbocycles. The van der Waals surface area contributed by atoms with Crippen LogP contribution >= 0.6 is 0 Å². The van der Waals surface area contributed by atoms with Crippen molar-refractivity contribution < 1.29 is 23.7 Å². The van der Waals surface area contributed by atoms with Gasteiger partial charge in [-0.15, -0.1) is 0 Å². The van der Waals surface area contributed by atoms with Crippen molar-refractivity contribution in [3.8, 4) is 11.5 Å². The van der Waals surface area contributed by atoms with Crippen LogP contribution in [0, 0.1) is 0 Å². The van der Waals surface area contributed by atoms with Crippen molar-refractivity contribution in [2.24, 2.45) is 0 Å². The molecule has 1 aliphatic heterocycles. The number of hydrogen-bond acceptors (Lipinski definition) is 5. The van der Waals surface area contributed by atoms with E-state index in [4.69, 9.17) is 18.9 Å². The number of ether oxygens (including phenoxy) is 4. The molecule has 0 spiro atoms. The zero-order valence-electron chi connectivity index (χ0n) is 19.1. The Morgan fingerprint density at radius 2 is 1.90 bits per heavy atom. The first kappa shape index (κ1) is 22.9. The second-order valence-electron chi connectivity index (χ2n) is 8.71. The van der Waals surface area contributed by atoms with Crippen LogP contribution in [0.3, 0.4) is 0 Å². The van der Waals surface area contributed by atoms with Gasteiger partial charge in [-0.2, -0.15) is 0 Å². The van der Waals surface area contributed by atoms with Crippen molar-refractivity contribution in [3.63, 3.8) is 0 Å². The van der Waals surface area contributed by atoms with Gasteiger partial charge in [0.25, 0.3) is 0 Å². The van der Waals surface area contributed by atoms with Crippen molar-refractivity contribution in [2.45, 2.75) is 45.3 Å². The Bertz CT molecular complexity index is 890. The average Bonchev–Trinajstić information content (AvgIpc) is 2.73. The largest absolute Gasteiger partial charge is 0.497 e. The first-order valence-electron chi connectivity index (χ1n) is 10.7. The Morgan fingerprint density at radius 1 is 1.10 bits per heavy atom. The summed E-state index contributed by atoms with van der Waals surface area (Å²) in [6.07, 6.45) is 1.24. The molecular weight excluding hydrogens is 394 g/mol. The number of carbonyl (C=O) groups is 1. The van der Waals surface area contributed by atoms with Crippen molar-refractivity contribution >= 4 is 6.09 Å². The van der Waals surface area contributed by atoms with E-state index in [0.717, 1.165) is 29.9 Å². The SMILES string of the molecule is COC[C@H]1c2ccc(OCCc3cccc(OC)c3)cc2CCN1C(=O)OC(C)(C)C. The highest BCUT2D eigenvalue weighted by atomic mass is 16.6. The van der Waals surface area contributed by atoms with Crippen LogP contribution in [0.5, 0.6) is 11.5 Å². The summed E-state index contributed by atoms with van der Waals surface area (Å²) in [6, 6.07) is 13.9. The molecule has 0 saturated carbocycles. The summed E-state index contributed by atoms with van der Waals surface area (Å²) < 4.78 is 22.3. The fourth-order valence-corrected chi connectivity index (χ4v) is 3.77. The van der Waals surface area contributed by atoms with Crippen molar-refractivity contribution in [1.29, 1.82) is 0 Å². The molecule has 0 bridgehead atoms. The molecule has 0 unspecified atom stereocenters. The normalized spacial score (nSPS) is 15.9. The minimum absolute atomic E-state index is 0.172. The lowest BCUT2D eigenvalue weighted by Crippen LogP contribution is -2.44. The molecule has 1 aliphatic rings. The lowest BCUT2D eigenvalue weighted by atomic mass is 9.93. The Labute approximate surface area is 185 Å². The summed E-state index contributed by atoms with van der Waals surface area (Å²) in [5.74, 6) is 1.69. The summed E-state index contributed by atoms with van der Waals surface area (Å²) in [6.45, 7) is 7.22. The zero-order chi connectivity index (χ0) is 22.4. The lowest BCUT2D eigenvalue weighted by molar-refractivity contribution is 0.00323. The summed E-state index contributed by atoms with van der Waals surface area (Å²) in [5.41, 5.74) is 2.90. The van der Waals surface area contributed by atoms with Gasteiger partial charge >= 0.3 is 6.09 Å². The van der Waals surface area contributed by atoms with Crippen LogP contribution in [0.15, 0.2) is 42.5 Å². The van der Waals surface area contributed by atoms with Gasteiger partial charge in [0.15, 0.2) is 0 Å². The number of fused-ring (bicyclic) bond motifs is 1. The maximum Gasteiger partial charge on any atom is 0.410 e. The minimum Gasteiger partial charge on any atom is -0.497 e. The predicted molar refractivity (Wildman–Crippen MR) is 120 cm³/mol. The molecule has 1 atom stereocenters. The van der Waals surface area contributed by atoms with E-state index in [0.29, 0.717) is 19.8 Å². The highest BCUT2D eigenvalue weighted by molar-refractivity contribution is 5.69. The van der Waals surface area contributed by atoms with E-state index in [1.165, 1.54) is 11.1 Å². The standard InChI is InChI=1S/C25H33NO5/c1-25(2,3)31-24(27)26-13-11-19-16-21(9-10-22(19)23(26)17-28-4)30-14-12-18-7-6-8-20(15-18)29-5/h6-10,15-16,23H,11-14,17H2,1-5H3/t23-/m0/s1. The molecule has 0 radical (unpaired) electrons. The quantitative estimate of drug-likeness (QED) is 0.635. The van der Waals surface area contributed by atoms with Crippen LogP contribution in [-0.2, 0) is 22.3 Å². The van der Waals surface area contributed by atoms with E-state index in [-0.39, 0.29) is 12.1 Å². The highest BCUT2D eigenvalue weighted by Gasteiger charge is 2.33. The number of nitrogens with zero attached hydrogens (tertiary/aromatic N) is 1. The van der Waals surface area contributed by atoms with E-state index >= 15 is 0 Å². The van der Waals surface area contributed by atoms with Crippen LogP contribution in [0.4, 0.5) is 4.79 Å². The third-order valence-electron chi connectivity index (χ3n) is 5.22. The van der Waals surface area contributed by atoms with Gasteiger partial charge in [0, 0.05) is 20.1 Å². The molecule has 0 aliphatic carbocycles. The molecule has 1 amide bonds.